The molecule has 7 aromatic carbocycles. The van der Waals surface area contributed by atoms with Crippen LogP contribution in [-0.4, -0.2) is 19.5 Å². The van der Waals surface area contributed by atoms with Crippen molar-refractivity contribution in [2.45, 2.75) is 0 Å². The maximum absolute atomic E-state index is 5.15. The average molecular weight is 657 g/mol. The molecule has 3 heterocycles. The molecule has 5 heteroatoms. The van der Waals surface area contributed by atoms with Crippen LogP contribution in [0.1, 0.15) is 0 Å². The van der Waals surface area contributed by atoms with Crippen molar-refractivity contribution >= 4 is 53.3 Å². The van der Waals surface area contributed by atoms with E-state index < -0.39 is 0 Å². The fourth-order valence-corrected chi connectivity index (χ4v) is 8.51. The van der Waals surface area contributed by atoms with Crippen molar-refractivity contribution in [1.29, 1.82) is 0 Å². The van der Waals surface area contributed by atoms with Crippen LogP contribution < -0.4 is 0 Å². The number of para-hydroxylation sites is 2. The number of rotatable bonds is 5. The fourth-order valence-electron chi connectivity index (χ4n) is 7.25. The lowest BCUT2D eigenvalue weighted by Crippen LogP contribution is -2.00. The van der Waals surface area contributed by atoms with Gasteiger partial charge in [-0.3, -0.25) is 0 Å². The molecule has 0 N–H and O–H groups in total. The van der Waals surface area contributed by atoms with Gasteiger partial charge < -0.3 is 4.57 Å². The number of aromatic nitrogens is 4. The van der Waals surface area contributed by atoms with Crippen LogP contribution in [0.3, 0.4) is 0 Å². The van der Waals surface area contributed by atoms with Crippen LogP contribution in [0.25, 0.3) is 93.0 Å². The van der Waals surface area contributed by atoms with Crippen LogP contribution in [0.15, 0.2) is 170 Å². The van der Waals surface area contributed by atoms with Gasteiger partial charge in [-0.1, -0.05) is 133 Å². The Morgan fingerprint density at radius 2 is 0.940 bits per heavy atom. The molecule has 50 heavy (non-hydrogen) atoms. The van der Waals surface area contributed by atoms with Crippen molar-refractivity contribution in [2.24, 2.45) is 0 Å². The minimum absolute atomic E-state index is 0.657. The predicted molar refractivity (Wildman–Crippen MR) is 209 cm³/mol. The van der Waals surface area contributed by atoms with Crippen LogP contribution in [0.4, 0.5) is 0 Å². The zero-order chi connectivity index (χ0) is 33.0. The van der Waals surface area contributed by atoms with Crippen molar-refractivity contribution in [2.75, 3.05) is 0 Å². The quantitative estimate of drug-likeness (QED) is 0.185. The van der Waals surface area contributed by atoms with Crippen LogP contribution in [0, 0.1) is 0 Å². The Morgan fingerprint density at radius 1 is 0.380 bits per heavy atom. The summed E-state index contributed by atoms with van der Waals surface area (Å²) in [5.41, 5.74) is 8.85. The van der Waals surface area contributed by atoms with Gasteiger partial charge in [0.15, 0.2) is 17.5 Å². The first-order valence-corrected chi connectivity index (χ1v) is 17.5. The summed E-state index contributed by atoms with van der Waals surface area (Å²) in [4.78, 5) is 15.3. The summed E-state index contributed by atoms with van der Waals surface area (Å²) in [6.45, 7) is 0. The molecule has 234 valence electrons. The van der Waals surface area contributed by atoms with Gasteiger partial charge in [0.1, 0.15) is 0 Å². The molecule has 0 saturated carbocycles. The van der Waals surface area contributed by atoms with E-state index in [1.165, 1.54) is 47.7 Å². The van der Waals surface area contributed by atoms with E-state index >= 15 is 0 Å². The van der Waals surface area contributed by atoms with Gasteiger partial charge in [0.2, 0.25) is 0 Å². The summed E-state index contributed by atoms with van der Waals surface area (Å²) >= 11 is 1.83. The van der Waals surface area contributed by atoms with Gasteiger partial charge in [0.25, 0.3) is 0 Å². The molecule has 0 amide bonds. The highest BCUT2D eigenvalue weighted by Crippen LogP contribution is 2.47. The van der Waals surface area contributed by atoms with E-state index in [9.17, 15) is 0 Å². The Balaban J connectivity index is 1.27. The van der Waals surface area contributed by atoms with E-state index in [1.807, 2.05) is 47.7 Å². The number of thiophene rings is 1. The summed E-state index contributed by atoms with van der Waals surface area (Å²) in [5, 5.41) is 4.84. The Morgan fingerprint density at radius 3 is 1.66 bits per heavy atom. The summed E-state index contributed by atoms with van der Waals surface area (Å²) < 4.78 is 4.83. The molecule has 0 spiro atoms. The molecular formula is C45H28N4S. The standard InChI is InChI=1S/C45H28N4S/c1-4-15-29(16-5-1)43-46-44(30-17-6-2-7-18-30)48-45(47-43)36-28-27-33(42-41(36)35-22-11-13-26-39(35)50-42)32-23-14-25-38-40(32)34-21-10-12-24-37(34)49(38)31-19-8-3-9-20-31/h1-28H. The normalized spacial score (nSPS) is 11.6. The number of nitrogens with zero attached hydrogens (tertiary/aromatic N) is 4. The molecule has 0 aliphatic carbocycles. The smallest absolute Gasteiger partial charge is 0.164 e. The van der Waals surface area contributed by atoms with E-state index in [4.69, 9.17) is 15.0 Å². The third-order valence-corrected chi connectivity index (χ3v) is 10.7. The lowest BCUT2D eigenvalue weighted by Gasteiger charge is -2.12. The van der Waals surface area contributed by atoms with Crippen molar-refractivity contribution < 1.29 is 0 Å². The third kappa shape index (κ3) is 4.55. The third-order valence-electron chi connectivity index (χ3n) is 9.47. The van der Waals surface area contributed by atoms with E-state index in [-0.39, 0.29) is 0 Å². The van der Waals surface area contributed by atoms with Crippen LogP contribution in [-0.2, 0) is 0 Å². The first-order valence-electron chi connectivity index (χ1n) is 16.7. The summed E-state index contributed by atoms with van der Waals surface area (Å²) in [6, 6.07) is 59.6. The van der Waals surface area contributed by atoms with E-state index in [1.54, 1.807) is 0 Å². The molecule has 0 saturated heterocycles. The lowest BCUT2D eigenvalue weighted by molar-refractivity contribution is 1.08. The van der Waals surface area contributed by atoms with Gasteiger partial charge in [0, 0.05) is 58.9 Å². The van der Waals surface area contributed by atoms with Gasteiger partial charge in [-0.05, 0) is 42.0 Å². The highest BCUT2D eigenvalue weighted by Gasteiger charge is 2.22. The SMILES string of the molecule is c1ccc(-c2nc(-c3ccccc3)nc(-c3ccc(-c4cccc5c4c4ccccc4n5-c4ccccc4)c4sc5ccccc5c34)n2)cc1. The van der Waals surface area contributed by atoms with Gasteiger partial charge in [-0.25, -0.2) is 15.0 Å². The largest absolute Gasteiger partial charge is 0.309 e. The maximum Gasteiger partial charge on any atom is 0.164 e. The molecule has 3 aromatic heterocycles. The second-order valence-electron chi connectivity index (χ2n) is 12.4. The van der Waals surface area contributed by atoms with Gasteiger partial charge in [0.05, 0.1) is 11.0 Å². The van der Waals surface area contributed by atoms with Crippen LogP contribution in [0.2, 0.25) is 0 Å². The number of benzene rings is 7. The number of hydrogen-bond donors (Lipinski definition) is 0. The minimum Gasteiger partial charge on any atom is -0.309 e. The molecule has 10 aromatic rings. The summed E-state index contributed by atoms with van der Waals surface area (Å²) in [6.07, 6.45) is 0. The maximum atomic E-state index is 5.15. The average Bonchev–Trinajstić information content (AvgIpc) is 3.75. The number of fused-ring (bicyclic) bond motifs is 6. The zero-order valence-electron chi connectivity index (χ0n) is 26.9. The topological polar surface area (TPSA) is 43.6 Å². The molecule has 4 nitrogen and oxygen atoms in total. The Labute approximate surface area is 292 Å². The Kier molecular flexibility index (Phi) is 6.64. The predicted octanol–water partition coefficient (Wildman–Crippen LogP) is 12.0. The Hall–Kier alpha value is -6.43. The van der Waals surface area contributed by atoms with E-state index in [0.29, 0.717) is 17.5 Å². The molecule has 0 unspecified atom stereocenters. The zero-order valence-corrected chi connectivity index (χ0v) is 27.7. The second-order valence-corrected chi connectivity index (χ2v) is 13.4. The lowest BCUT2D eigenvalue weighted by atomic mass is 9.95. The van der Waals surface area contributed by atoms with Gasteiger partial charge in [-0.15, -0.1) is 11.3 Å². The molecular weight excluding hydrogens is 629 g/mol. The second kappa shape index (κ2) is 11.6. The monoisotopic (exact) mass is 656 g/mol. The summed E-state index contributed by atoms with van der Waals surface area (Å²) in [5.74, 6) is 1.98. The highest BCUT2D eigenvalue weighted by molar-refractivity contribution is 7.26. The van der Waals surface area contributed by atoms with Gasteiger partial charge >= 0.3 is 0 Å². The van der Waals surface area contributed by atoms with Crippen molar-refractivity contribution in [3.05, 3.63) is 170 Å². The van der Waals surface area contributed by atoms with E-state index in [0.717, 1.165) is 27.8 Å². The molecule has 0 bridgehead atoms. The van der Waals surface area contributed by atoms with Crippen LogP contribution in [0.5, 0.6) is 0 Å². The summed E-state index contributed by atoms with van der Waals surface area (Å²) in [7, 11) is 0. The van der Waals surface area contributed by atoms with Crippen LogP contribution >= 0.6 is 11.3 Å². The molecule has 0 aliphatic heterocycles. The van der Waals surface area contributed by atoms with Crippen molar-refractivity contribution in [3.63, 3.8) is 0 Å². The van der Waals surface area contributed by atoms with Crippen molar-refractivity contribution in [3.8, 4) is 51.0 Å². The Bertz CT molecular complexity index is 2800. The minimum atomic E-state index is 0.657. The first-order chi connectivity index (χ1) is 24.8. The molecule has 10 rings (SSSR count). The molecule has 0 aliphatic rings. The highest BCUT2D eigenvalue weighted by atomic mass is 32.1. The molecule has 0 radical (unpaired) electrons. The fraction of sp³-hybridized carbons (Fsp3) is 0. The van der Waals surface area contributed by atoms with E-state index in [2.05, 4.69) is 138 Å². The van der Waals surface area contributed by atoms with Gasteiger partial charge in [-0.2, -0.15) is 0 Å². The number of hydrogen-bond acceptors (Lipinski definition) is 4. The molecule has 0 atom stereocenters. The van der Waals surface area contributed by atoms with Crippen molar-refractivity contribution in [1.82, 2.24) is 19.5 Å². The first kappa shape index (κ1) is 28.6. The molecule has 0 fully saturated rings.